The van der Waals surface area contributed by atoms with Gasteiger partial charge in [-0.1, -0.05) is 36.4 Å². The Morgan fingerprint density at radius 3 is 1.94 bits per heavy atom. The van der Waals surface area contributed by atoms with E-state index < -0.39 is 58.3 Å². The van der Waals surface area contributed by atoms with Crippen molar-refractivity contribution in [2.45, 2.75) is 36.5 Å². The summed E-state index contributed by atoms with van der Waals surface area (Å²) < 4.78 is 112. The van der Waals surface area contributed by atoms with Crippen LogP contribution in [0.1, 0.15) is 28.9 Å². The number of halogens is 6. The number of esters is 1. The van der Waals surface area contributed by atoms with E-state index in [4.69, 9.17) is 0 Å². The number of benzene rings is 2. The van der Waals surface area contributed by atoms with Crippen molar-refractivity contribution in [2.24, 2.45) is 0 Å². The summed E-state index contributed by atoms with van der Waals surface area (Å²) in [6.07, 6.45) is -12.2. The highest BCUT2D eigenvalue weighted by Gasteiger charge is 2.73. The smallest absolute Gasteiger partial charge is 0.430 e. The zero-order valence-electron chi connectivity index (χ0n) is 18.7. The normalized spacial score (nSPS) is 14.1. The molecule has 2 rings (SSSR count). The second-order valence-corrected chi connectivity index (χ2v) is 8.72. The molecule has 36 heavy (non-hydrogen) atoms. The summed E-state index contributed by atoms with van der Waals surface area (Å²) in [7, 11) is 0.773. The predicted octanol–water partition coefficient (Wildman–Crippen LogP) is 4.32. The Labute approximate surface area is 204 Å². The zero-order chi connectivity index (χ0) is 27.3. The van der Waals surface area contributed by atoms with E-state index in [0.717, 1.165) is 19.2 Å². The molecule has 0 bridgehead atoms. The second-order valence-electron chi connectivity index (χ2n) is 7.49. The number of nitrogens with one attached hydrogen (secondary N) is 1. The van der Waals surface area contributed by atoms with Gasteiger partial charge < -0.3 is 19.3 Å². The Morgan fingerprint density at radius 1 is 0.972 bits per heavy atom. The molecule has 0 heterocycles. The van der Waals surface area contributed by atoms with Crippen LogP contribution in [0.3, 0.4) is 0 Å². The van der Waals surface area contributed by atoms with Crippen LogP contribution in [0.15, 0.2) is 48.5 Å². The predicted molar refractivity (Wildman–Crippen MR) is 114 cm³/mol. The van der Waals surface area contributed by atoms with Gasteiger partial charge in [-0.2, -0.15) is 26.3 Å². The third-order valence-electron chi connectivity index (χ3n) is 5.11. The Balaban J connectivity index is 2.22. The van der Waals surface area contributed by atoms with Gasteiger partial charge in [0.15, 0.2) is 0 Å². The van der Waals surface area contributed by atoms with Crippen LogP contribution >= 0.6 is 0 Å². The van der Waals surface area contributed by atoms with Crippen LogP contribution in [-0.2, 0) is 42.2 Å². The van der Waals surface area contributed by atoms with Crippen LogP contribution < -0.4 is 5.32 Å². The van der Waals surface area contributed by atoms with E-state index in [1.807, 2.05) is 0 Å². The molecule has 0 aliphatic carbocycles. The summed E-state index contributed by atoms with van der Waals surface area (Å²) in [6, 6.07) is 8.67. The number of carbonyl (C=O) groups is 2. The molecule has 0 fully saturated rings. The average Bonchev–Trinajstić information content (AvgIpc) is 2.78. The fourth-order valence-electron chi connectivity index (χ4n) is 3.16. The van der Waals surface area contributed by atoms with Gasteiger partial charge in [-0.15, -0.1) is 0 Å². The second kappa shape index (κ2) is 11.4. The number of ether oxygens (including phenoxy) is 2. The maximum absolute atomic E-state index is 13.7. The lowest BCUT2D eigenvalue weighted by Gasteiger charge is -2.37. The summed E-state index contributed by atoms with van der Waals surface area (Å²) in [5, 5.41) is 1.59. The van der Waals surface area contributed by atoms with E-state index in [1.54, 1.807) is 0 Å². The minimum absolute atomic E-state index is 0.0954. The van der Waals surface area contributed by atoms with Crippen molar-refractivity contribution in [2.75, 3.05) is 19.0 Å². The lowest BCUT2D eigenvalue weighted by molar-refractivity contribution is -0.387. The Bertz CT molecular complexity index is 1070. The molecule has 0 saturated heterocycles. The first kappa shape index (κ1) is 29.3. The standard InChI is InChI=1S/C22H21F6NO6S/c1-13(36(32)33)15-5-3-14(4-6-15)11-18(30)29-17-9-7-16(8-10-17)20(21(23,24)25,22(26,27)28)35-12-19(31)34-2/h3-10,13H,11-12H2,1-2H3,(H,29,30)(H,32,33)/p-1. The number of alkyl halides is 6. The lowest BCUT2D eigenvalue weighted by Crippen LogP contribution is -2.56. The Morgan fingerprint density at radius 2 is 1.50 bits per heavy atom. The summed E-state index contributed by atoms with van der Waals surface area (Å²) in [6.45, 7) is -0.141. The molecule has 0 aliphatic rings. The van der Waals surface area contributed by atoms with E-state index in [2.05, 4.69) is 14.8 Å². The molecule has 2 aromatic carbocycles. The summed E-state index contributed by atoms with van der Waals surface area (Å²) in [5.41, 5.74) is -5.29. The number of hydrogen-bond acceptors (Lipinski definition) is 6. The molecule has 2 atom stereocenters. The van der Waals surface area contributed by atoms with Gasteiger partial charge in [-0.3, -0.25) is 9.00 Å². The Kier molecular flexibility index (Phi) is 9.26. The number of hydrogen-bond donors (Lipinski definition) is 1. The van der Waals surface area contributed by atoms with Crippen LogP contribution in [-0.4, -0.2) is 46.7 Å². The van der Waals surface area contributed by atoms with Crippen molar-refractivity contribution in [3.05, 3.63) is 65.2 Å². The zero-order valence-corrected chi connectivity index (χ0v) is 19.6. The maximum atomic E-state index is 13.7. The largest absolute Gasteiger partial charge is 0.772 e. The number of anilines is 1. The van der Waals surface area contributed by atoms with Gasteiger partial charge in [-0.05, 0) is 41.3 Å². The number of carbonyl (C=O) groups excluding carboxylic acids is 2. The van der Waals surface area contributed by atoms with Crippen molar-refractivity contribution in [3.63, 3.8) is 0 Å². The lowest BCUT2D eigenvalue weighted by atomic mass is 9.91. The van der Waals surface area contributed by atoms with Crippen LogP contribution in [0.4, 0.5) is 32.0 Å². The topological polar surface area (TPSA) is 105 Å². The summed E-state index contributed by atoms with van der Waals surface area (Å²) in [4.78, 5) is 23.5. The summed E-state index contributed by atoms with van der Waals surface area (Å²) >= 11 is -2.33. The highest BCUT2D eigenvalue weighted by molar-refractivity contribution is 7.79. The Hall–Kier alpha value is -2.97. The van der Waals surface area contributed by atoms with E-state index in [1.165, 1.54) is 31.2 Å². The summed E-state index contributed by atoms with van der Waals surface area (Å²) in [5.74, 6) is -2.07. The first-order chi connectivity index (χ1) is 16.6. The molecule has 0 radical (unpaired) electrons. The fraction of sp³-hybridized carbons (Fsp3) is 0.364. The number of rotatable bonds is 9. The highest BCUT2D eigenvalue weighted by Crippen LogP contribution is 2.53. The molecule has 1 amide bonds. The molecule has 198 valence electrons. The van der Waals surface area contributed by atoms with E-state index in [9.17, 15) is 44.7 Å². The van der Waals surface area contributed by atoms with Crippen molar-refractivity contribution in [1.82, 2.24) is 0 Å². The molecule has 7 nitrogen and oxygen atoms in total. The molecule has 1 N–H and O–H groups in total. The SMILES string of the molecule is COC(=O)COC(c1ccc(NC(=O)Cc2ccc(C(C)S(=O)[O-])cc2)cc1)(C(F)(F)F)C(F)(F)F. The van der Waals surface area contributed by atoms with Gasteiger partial charge in [-0.25, -0.2) is 4.79 Å². The third kappa shape index (κ3) is 6.62. The van der Waals surface area contributed by atoms with E-state index in [-0.39, 0.29) is 12.1 Å². The van der Waals surface area contributed by atoms with Crippen molar-refractivity contribution in [1.29, 1.82) is 0 Å². The van der Waals surface area contributed by atoms with Gasteiger partial charge in [0.05, 0.1) is 13.5 Å². The van der Waals surface area contributed by atoms with Crippen LogP contribution in [0.2, 0.25) is 0 Å². The monoisotopic (exact) mass is 540 g/mol. The van der Waals surface area contributed by atoms with Crippen molar-refractivity contribution >= 4 is 28.6 Å². The molecule has 0 saturated carbocycles. The number of amides is 1. The van der Waals surface area contributed by atoms with Crippen LogP contribution in [0.5, 0.6) is 0 Å². The molecule has 14 heteroatoms. The molecule has 2 aromatic rings. The molecule has 0 aliphatic heterocycles. The van der Waals surface area contributed by atoms with Gasteiger partial charge in [0.1, 0.15) is 6.61 Å². The molecular formula is C22H20F6NO6S-. The maximum Gasteiger partial charge on any atom is 0.430 e. The first-order valence-corrected chi connectivity index (χ1v) is 11.2. The van der Waals surface area contributed by atoms with Gasteiger partial charge >= 0.3 is 18.3 Å². The molecule has 0 aromatic heterocycles. The highest BCUT2D eigenvalue weighted by atomic mass is 32.2. The van der Waals surface area contributed by atoms with Gasteiger partial charge in [0.25, 0.3) is 5.60 Å². The van der Waals surface area contributed by atoms with Gasteiger partial charge in [0, 0.05) is 16.5 Å². The quantitative estimate of drug-likeness (QED) is 0.289. The van der Waals surface area contributed by atoms with Crippen molar-refractivity contribution < 1.29 is 54.2 Å². The minimum Gasteiger partial charge on any atom is -0.772 e. The van der Waals surface area contributed by atoms with Crippen LogP contribution in [0.25, 0.3) is 0 Å². The average molecular weight is 540 g/mol. The molecule has 0 spiro atoms. The minimum atomic E-state index is -5.99. The molecular weight excluding hydrogens is 520 g/mol. The first-order valence-electron chi connectivity index (χ1n) is 10.0. The third-order valence-corrected chi connectivity index (χ3v) is 5.96. The van der Waals surface area contributed by atoms with E-state index in [0.29, 0.717) is 23.3 Å². The fourth-order valence-corrected chi connectivity index (χ4v) is 3.54. The number of methoxy groups -OCH3 is 1. The van der Waals surface area contributed by atoms with Gasteiger partial charge in [0.2, 0.25) is 5.91 Å². The molecule has 2 unspecified atom stereocenters. The van der Waals surface area contributed by atoms with E-state index >= 15 is 0 Å². The van der Waals surface area contributed by atoms with Crippen molar-refractivity contribution in [3.8, 4) is 0 Å². The van der Waals surface area contributed by atoms with Crippen LogP contribution in [0, 0.1) is 0 Å².